The molecule has 0 saturated carbocycles. The van der Waals surface area contributed by atoms with E-state index < -0.39 is 0 Å². The molecule has 0 bridgehead atoms. The van der Waals surface area contributed by atoms with E-state index in [9.17, 15) is 0 Å². The average Bonchev–Trinajstić information content (AvgIpc) is 0.714. The predicted octanol–water partition coefficient (Wildman–Crippen LogP) is 28.7. The van der Waals surface area contributed by atoms with Crippen molar-refractivity contribution in [1.29, 1.82) is 0 Å². The molecule has 4 heterocycles. The van der Waals surface area contributed by atoms with Crippen LogP contribution in [0.4, 0.5) is 0 Å². The van der Waals surface area contributed by atoms with Crippen molar-refractivity contribution in [3.05, 3.63) is 423 Å². The number of aromatic nitrogens is 4. The second-order valence-electron chi connectivity index (χ2n) is 31.6. The molecule has 0 saturated heterocycles. The third kappa shape index (κ3) is 16.0. The minimum atomic E-state index is -0.0808. The van der Waals surface area contributed by atoms with E-state index in [0.29, 0.717) is 0 Å². The van der Waals surface area contributed by atoms with E-state index in [-0.39, 0.29) is 96.7 Å². The molecule has 4 nitrogen and oxygen atoms in total. The third-order valence-corrected chi connectivity index (χ3v) is 23.0. The summed E-state index contributed by atoms with van der Waals surface area (Å²) < 4.78 is 0. The Labute approximate surface area is 745 Å². The fourth-order valence-corrected chi connectivity index (χ4v) is 17.2. The first-order valence-electron chi connectivity index (χ1n) is 39.2. The number of nitrogens with zero attached hydrogens (tertiary/aromatic N) is 4. The Morgan fingerprint density at radius 2 is 0.602 bits per heavy atom. The van der Waals surface area contributed by atoms with Gasteiger partial charge in [-0.1, -0.05) is 302 Å². The molecule has 0 aliphatic heterocycles. The molecule has 1 aliphatic carbocycles. The number of benzene rings is 16. The molecular formula is C110H82Ir4N4-4. The van der Waals surface area contributed by atoms with Crippen LogP contribution in [0.3, 0.4) is 0 Å². The number of rotatable bonds is 7. The van der Waals surface area contributed by atoms with E-state index in [1.165, 1.54) is 131 Å². The molecule has 0 atom stereocenters. The summed E-state index contributed by atoms with van der Waals surface area (Å²) >= 11 is 0. The van der Waals surface area contributed by atoms with E-state index in [1.807, 2.05) is 67.3 Å². The molecule has 20 aromatic rings. The Morgan fingerprint density at radius 1 is 0.237 bits per heavy atom. The number of pyridine rings is 4. The zero-order valence-corrected chi connectivity index (χ0v) is 75.9. The van der Waals surface area contributed by atoms with Gasteiger partial charge in [0.15, 0.2) is 0 Å². The maximum atomic E-state index is 4.83. The summed E-state index contributed by atoms with van der Waals surface area (Å²) in [6.45, 7) is 16.1. The Balaban J connectivity index is 0.000000129. The normalized spacial score (nSPS) is 12.2. The van der Waals surface area contributed by atoms with E-state index in [1.54, 1.807) is 0 Å². The zero-order chi connectivity index (χ0) is 77.5. The molecule has 16 aromatic carbocycles. The van der Waals surface area contributed by atoms with Gasteiger partial charge in [0, 0.05) is 105 Å². The second kappa shape index (κ2) is 35.5. The van der Waals surface area contributed by atoms with Crippen LogP contribution in [0.2, 0.25) is 0 Å². The molecule has 21 rings (SSSR count). The molecule has 0 amide bonds. The van der Waals surface area contributed by atoms with Gasteiger partial charge in [-0.2, -0.15) is 0 Å². The Morgan fingerprint density at radius 3 is 1.07 bits per heavy atom. The van der Waals surface area contributed by atoms with Gasteiger partial charge in [0.05, 0.1) is 0 Å². The molecule has 0 fully saturated rings. The molecule has 4 radical (unpaired) electrons. The second-order valence-corrected chi connectivity index (χ2v) is 31.6. The minimum Gasteiger partial charge on any atom is -0.304 e. The Bertz CT molecular complexity index is 6890. The molecule has 0 spiro atoms. The summed E-state index contributed by atoms with van der Waals surface area (Å²) in [6.07, 6.45) is 7.64. The van der Waals surface area contributed by atoms with Gasteiger partial charge in [0.1, 0.15) is 0 Å². The van der Waals surface area contributed by atoms with Crippen LogP contribution in [0.5, 0.6) is 0 Å². The molecule has 0 unspecified atom stereocenters. The van der Waals surface area contributed by atoms with Crippen molar-refractivity contribution in [2.24, 2.45) is 0 Å². The smallest absolute Gasteiger partial charge is 0.0167 e. The number of fused-ring (bicyclic) bond motifs is 14. The standard InChI is InChI=1S/C31H26N.C31H20N.C25H16N.C23H20N.4Ir/c1-30(2)25-11-7-8-12-26(25)31(3,4)28-19-21(14-16-27(28)30)29-24-15-13-20-9-5-6-10-22(20)23(24)17-18-32-29;1-3-8-22(9-4-1)23-14-16-25(17-15-23)31-30-19-18-28-26(24-10-5-2-6-11-24)12-7-13-27(28)29(30)20-21-32-31;1-3-8-18(9-4-1)20-12-7-13-21-22(20)14-15-24-23(21)16-17-26-25(24)19-10-5-2-6-11-19;1-23(2,3)21-11-7-10-17-18-14-15-24-22(16-8-5-4-6-9-16)20(18)13-12-19(17)21;;;;/h5-13,15-19H,1-4H3;1-16,18-21H;1-10,12-17H;4-8,10-15H,1-3H3;;;;/q4*-1;;;;. The SMILES string of the molecule is CC(C)(C)c1cccc2c1ccc1c(-c3[c-]cccc3)nccc12.CC1(C)c2c[c-]c(-c3nccc4c3ccc3ccccc34)cc2C(C)(C)c2ccccc21.[Ir].[Ir].[Ir].[Ir].[c-]1cc(-c2ccccc2)ccc1-c1nccc2c1ccc1c(-c3ccccc3)cccc12.[c-]1ccccc1-c1nccc2c1ccc1c(-c3ccccc3)cccc12. The summed E-state index contributed by atoms with van der Waals surface area (Å²) in [5, 5.41) is 19.7. The summed E-state index contributed by atoms with van der Waals surface area (Å²) in [4.78, 5) is 18.8. The molecule has 118 heavy (non-hydrogen) atoms. The first-order valence-corrected chi connectivity index (χ1v) is 39.2. The topological polar surface area (TPSA) is 51.6 Å². The monoisotopic (exact) mass is 2230 g/mol. The summed E-state index contributed by atoms with van der Waals surface area (Å²) in [5.74, 6) is 0. The average molecular weight is 2230 g/mol. The van der Waals surface area contributed by atoms with E-state index in [4.69, 9.17) is 9.97 Å². The summed E-state index contributed by atoms with van der Waals surface area (Å²) in [6, 6.07) is 135. The first kappa shape index (κ1) is 83.3. The summed E-state index contributed by atoms with van der Waals surface area (Å²) in [7, 11) is 0. The molecule has 0 N–H and O–H groups in total. The molecule has 4 aromatic heterocycles. The fourth-order valence-electron chi connectivity index (χ4n) is 17.2. The van der Waals surface area contributed by atoms with Crippen molar-refractivity contribution in [3.8, 4) is 78.4 Å². The quantitative estimate of drug-likeness (QED) is 0.118. The van der Waals surface area contributed by atoms with Crippen molar-refractivity contribution < 1.29 is 80.4 Å². The zero-order valence-electron chi connectivity index (χ0n) is 66.3. The minimum absolute atomic E-state index is 0. The predicted molar refractivity (Wildman–Crippen MR) is 480 cm³/mol. The van der Waals surface area contributed by atoms with Crippen molar-refractivity contribution >= 4 is 86.2 Å². The van der Waals surface area contributed by atoms with Gasteiger partial charge in [-0.15, -0.1) is 137 Å². The molecule has 582 valence electrons. The van der Waals surface area contributed by atoms with Crippen LogP contribution in [0.1, 0.15) is 76.3 Å². The molecule has 1 aliphatic rings. The van der Waals surface area contributed by atoms with Gasteiger partial charge >= 0.3 is 0 Å². The fraction of sp³-hybridized carbons (Fsp3) is 0.0909. The van der Waals surface area contributed by atoms with E-state index in [2.05, 4.69) is 386 Å². The van der Waals surface area contributed by atoms with Crippen LogP contribution < -0.4 is 0 Å². The van der Waals surface area contributed by atoms with Crippen LogP contribution >= 0.6 is 0 Å². The van der Waals surface area contributed by atoms with Crippen LogP contribution in [-0.2, 0) is 96.7 Å². The third-order valence-electron chi connectivity index (χ3n) is 23.0. The van der Waals surface area contributed by atoms with E-state index in [0.717, 1.165) is 61.4 Å². The van der Waals surface area contributed by atoms with E-state index >= 15 is 0 Å². The van der Waals surface area contributed by atoms with Crippen LogP contribution in [0, 0.1) is 24.3 Å². The maximum Gasteiger partial charge on any atom is 0.0167 e. The Kier molecular flexibility index (Phi) is 25.1. The van der Waals surface area contributed by atoms with Gasteiger partial charge < -0.3 is 19.9 Å². The van der Waals surface area contributed by atoms with Gasteiger partial charge in [0.25, 0.3) is 0 Å². The Hall–Kier alpha value is -11.2. The van der Waals surface area contributed by atoms with Crippen LogP contribution in [-0.4, -0.2) is 19.9 Å². The first-order chi connectivity index (χ1) is 55.7. The van der Waals surface area contributed by atoms with Gasteiger partial charge in [-0.3, -0.25) is 0 Å². The van der Waals surface area contributed by atoms with Crippen molar-refractivity contribution in [2.45, 2.75) is 64.7 Å². The van der Waals surface area contributed by atoms with Gasteiger partial charge in [-0.05, 0) is 188 Å². The molecule has 8 heteroatoms. The largest absolute Gasteiger partial charge is 0.304 e. The maximum absolute atomic E-state index is 4.83. The van der Waals surface area contributed by atoms with Crippen molar-refractivity contribution in [3.63, 3.8) is 0 Å². The van der Waals surface area contributed by atoms with Gasteiger partial charge in [-0.25, -0.2) is 0 Å². The van der Waals surface area contributed by atoms with Crippen LogP contribution in [0.15, 0.2) is 371 Å². The number of hydrogen-bond donors (Lipinski definition) is 0. The van der Waals surface area contributed by atoms with Crippen molar-refractivity contribution in [2.75, 3.05) is 0 Å². The van der Waals surface area contributed by atoms with Crippen LogP contribution in [0.25, 0.3) is 165 Å². The molecular weight excluding hydrogens is 2150 g/mol. The number of hydrogen-bond acceptors (Lipinski definition) is 4. The summed E-state index contributed by atoms with van der Waals surface area (Å²) in [5.41, 5.74) is 22.3. The van der Waals surface area contributed by atoms with Gasteiger partial charge in [0.2, 0.25) is 0 Å². The van der Waals surface area contributed by atoms with Crippen molar-refractivity contribution in [1.82, 2.24) is 19.9 Å².